The minimum Gasteiger partial charge on any atom is -0.197 e. The quantitative estimate of drug-likeness (QED) is 0.738. The summed E-state index contributed by atoms with van der Waals surface area (Å²) in [5.41, 5.74) is 1.08. The predicted octanol–water partition coefficient (Wildman–Crippen LogP) is 4.89. The number of benzene rings is 2. The molecule has 0 aliphatic carbocycles. The molecule has 0 saturated heterocycles. The van der Waals surface area contributed by atoms with E-state index in [2.05, 4.69) is 24.8 Å². The van der Waals surface area contributed by atoms with E-state index < -0.39 is 5.41 Å². The number of allylic oxidation sites excluding steroid dienone is 1. The zero-order valence-electron chi connectivity index (χ0n) is 14.0. The average Bonchev–Trinajstić information content (AvgIpc) is 2.60. The Morgan fingerprint density at radius 2 is 1.79 bits per heavy atom. The number of nitrogens with zero attached hydrogens (tertiary/aromatic N) is 3. The van der Waals surface area contributed by atoms with Crippen molar-refractivity contribution in [1.29, 1.82) is 15.8 Å². The minimum atomic E-state index is -1.16. The maximum atomic E-state index is 9.66. The summed E-state index contributed by atoms with van der Waals surface area (Å²) in [6.45, 7) is 7.79. The van der Waals surface area contributed by atoms with Gasteiger partial charge in [-0.3, -0.25) is 0 Å². The summed E-state index contributed by atoms with van der Waals surface area (Å²) in [5, 5.41) is 30.8. The smallest absolute Gasteiger partial charge is 0.148 e. The van der Waals surface area contributed by atoms with Crippen molar-refractivity contribution in [2.24, 2.45) is 11.3 Å². The van der Waals surface area contributed by atoms with Crippen LogP contribution in [0.5, 0.6) is 0 Å². The molecule has 0 spiro atoms. The summed E-state index contributed by atoms with van der Waals surface area (Å²) in [7, 11) is 0. The first-order valence-corrected chi connectivity index (χ1v) is 7.85. The molecule has 0 aromatic heterocycles. The van der Waals surface area contributed by atoms with E-state index in [0.717, 1.165) is 21.9 Å². The lowest BCUT2D eigenvalue weighted by molar-refractivity contribution is 0.408. The summed E-state index contributed by atoms with van der Waals surface area (Å²) in [6.07, 6.45) is 0.651. The molecule has 0 heterocycles. The van der Waals surface area contributed by atoms with Gasteiger partial charge in [0.2, 0.25) is 0 Å². The molecule has 24 heavy (non-hydrogen) atoms. The van der Waals surface area contributed by atoms with E-state index >= 15 is 0 Å². The number of rotatable bonds is 5. The van der Waals surface area contributed by atoms with Gasteiger partial charge >= 0.3 is 0 Å². The second-order valence-electron chi connectivity index (χ2n) is 6.37. The molecule has 0 aliphatic rings. The number of fused-ring (bicyclic) bond motifs is 1. The van der Waals surface area contributed by atoms with Gasteiger partial charge < -0.3 is 0 Å². The monoisotopic (exact) mass is 313 g/mol. The molecule has 3 nitrogen and oxygen atoms in total. The van der Waals surface area contributed by atoms with E-state index in [-0.39, 0.29) is 12.3 Å². The summed E-state index contributed by atoms with van der Waals surface area (Å²) < 4.78 is 0. The van der Waals surface area contributed by atoms with Gasteiger partial charge in [0.25, 0.3) is 0 Å². The highest BCUT2D eigenvalue weighted by atomic mass is 14.4. The van der Waals surface area contributed by atoms with Crippen LogP contribution in [0.25, 0.3) is 10.8 Å². The van der Waals surface area contributed by atoms with Crippen LogP contribution in [0.4, 0.5) is 0 Å². The third-order valence-corrected chi connectivity index (χ3v) is 4.54. The molecular formula is C21H19N3. The molecule has 1 unspecified atom stereocenters. The van der Waals surface area contributed by atoms with Crippen molar-refractivity contribution >= 4 is 10.8 Å². The fraction of sp³-hybridized carbons (Fsp3) is 0.286. The van der Waals surface area contributed by atoms with Gasteiger partial charge in [-0.05, 0) is 35.6 Å². The lowest BCUT2D eigenvalue weighted by Gasteiger charge is -2.23. The Labute approximate surface area is 143 Å². The van der Waals surface area contributed by atoms with Gasteiger partial charge in [0.05, 0.1) is 17.7 Å². The van der Waals surface area contributed by atoms with E-state index in [1.54, 1.807) is 0 Å². The number of hydrogen-bond donors (Lipinski definition) is 0. The summed E-state index contributed by atoms with van der Waals surface area (Å²) in [6, 6.07) is 18.1. The van der Waals surface area contributed by atoms with Crippen LogP contribution in [-0.4, -0.2) is 0 Å². The second kappa shape index (κ2) is 6.99. The van der Waals surface area contributed by atoms with Crippen LogP contribution in [-0.2, 0) is 6.42 Å². The highest BCUT2D eigenvalue weighted by molar-refractivity contribution is 5.89. The lowest BCUT2D eigenvalue weighted by Crippen LogP contribution is -2.23. The standard InChI is InChI=1S/C21H19N3/c1-15(2)16(3)10-21(13-23,14-24)11-18-9-8-17-6-4-5-7-19(17)20(18)12-22/h4-9,16H,1,10-11H2,2-3H3. The van der Waals surface area contributed by atoms with Gasteiger partial charge in [0, 0.05) is 6.42 Å². The molecule has 0 N–H and O–H groups in total. The number of nitriles is 3. The topological polar surface area (TPSA) is 71.4 Å². The first kappa shape index (κ1) is 17.3. The molecule has 0 bridgehead atoms. The highest BCUT2D eigenvalue weighted by Gasteiger charge is 2.33. The third kappa shape index (κ3) is 3.29. The first-order chi connectivity index (χ1) is 11.5. The fourth-order valence-corrected chi connectivity index (χ4v) is 2.89. The largest absolute Gasteiger partial charge is 0.197 e. The van der Waals surface area contributed by atoms with Crippen molar-refractivity contribution in [1.82, 2.24) is 0 Å². The zero-order chi connectivity index (χ0) is 17.7. The molecule has 0 aliphatic heterocycles. The Kier molecular flexibility index (Phi) is 5.03. The van der Waals surface area contributed by atoms with Crippen molar-refractivity contribution in [2.45, 2.75) is 26.7 Å². The molecule has 0 radical (unpaired) electrons. The average molecular weight is 313 g/mol. The molecule has 2 rings (SSSR count). The maximum absolute atomic E-state index is 9.66. The van der Waals surface area contributed by atoms with Crippen LogP contribution in [0.2, 0.25) is 0 Å². The lowest BCUT2D eigenvalue weighted by atomic mass is 9.75. The Morgan fingerprint density at radius 1 is 1.12 bits per heavy atom. The Bertz CT molecular complexity index is 889. The van der Waals surface area contributed by atoms with Gasteiger partial charge in [-0.1, -0.05) is 55.5 Å². The van der Waals surface area contributed by atoms with Crippen molar-refractivity contribution in [3.63, 3.8) is 0 Å². The van der Waals surface area contributed by atoms with E-state index in [0.29, 0.717) is 12.0 Å². The SMILES string of the molecule is C=C(C)C(C)CC(C#N)(C#N)Cc1ccc2ccccc2c1C#N. The van der Waals surface area contributed by atoms with Gasteiger partial charge in [-0.15, -0.1) is 0 Å². The normalized spacial score (nSPS) is 12.0. The molecule has 2 aromatic carbocycles. The van der Waals surface area contributed by atoms with Crippen LogP contribution in [0, 0.1) is 45.3 Å². The Balaban J connectivity index is 2.50. The van der Waals surface area contributed by atoms with Gasteiger partial charge in [0.1, 0.15) is 11.5 Å². The van der Waals surface area contributed by atoms with Crippen molar-refractivity contribution in [2.75, 3.05) is 0 Å². The molecule has 2 aromatic rings. The van der Waals surface area contributed by atoms with Gasteiger partial charge in [-0.25, -0.2) is 0 Å². The van der Waals surface area contributed by atoms with Crippen LogP contribution in [0.3, 0.4) is 0 Å². The van der Waals surface area contributed by atoms with Crippen molar-refractivity contribution in [3.8, 4) is 18.2 Å². The molecule has 0 fully saturated rings. The minimum absolute atomic E-state index is 0.0651. The maximum Gasteiger partial charge on any atom is 0.148 e. The Hall–Kier alpha value is -3.09. The first-order valence-electron chi connectivity index (χ1n) is 7.85. The molecule has 0 amide bonds. The van der Waals surface area contributed by atoms with Crippen LogP contribution < -0.4 is 0 Å². The molecule has 118 valence electrons. The second-order valence-corrected chi connectivity index (χ2v) is 6.37. The van der Waals surface area contributed by atoms with E-state index in [4.69, 9.17) is 0 Å². The zero-order valence-corrected chi connectivity index (χ0v) is 14.0. The van der Waals surface area contributed by atoms with Crippen molar-refractivity contribution < 1.29 is 0 Å². The van der Waals surface area contributed by atoms with Gasteiger partial charge in [-0.2, -0.15) is 15.8 Å². The van der Waals surface area contributed by atoms with E-state index in [9.17, 15) is 15.8 Å². The van der Waals surface area contributed by atoms with Crippen LogP contribution in [0.1, 0.15) is 31.4 Å². The Morgan fingerprint density at radius 3 is 2.38 bits per heavy atom. The van der Waals surface area contributed by atoms with E-state index in [1.807, 2.05) is 50.2 Å². The summed E-state index contributed by atoms with van der Waals surface area (Å²) in [4.78, 5) is 0. The van der Waals surface area contributed by atoms with E-state index in [1.165, 1.54) is 0 Å². The van der Waals surface area contributed by atoms with Gasteiger partial charge in [0.15, 0.2) is 0 Å². The van der Waals surface area contributed by atoms with Crippen molar-refractivity contribution in [3.05, 3.63) is 59.7 Å². The fourth-order valence-electron chi connectivity index (χ4n) is 2.89. The molecular weight excluding hydrogens is 294 g/mol. The number of hydrogen-bond acceptors (Lipinski definition) is 3. The molecule has 0 saturated carbocycles. The molecule has 1 atom stereocenters. The summed E-state index contributed by atoms with van der Waals surface area (Å²) >= 11 is 0. The van der Waals surface area contributed by atoms with Crippen LogP contribution in [0.15, 0.2) is 48.6 Å². The summed E-state index contributed by atoms with van der Waals surface area (Å²) in [5.74, 6) is 0.0651. The molecule has 3 heteroatoms. The predicted molar refractivity (Wildman–Crippen MR) is 94.6 cm³/mol. The van der Waals surface area contributed by atoms with Crippen LogP contribution >= 0.6 is 0 Å². The third-order valence-electron chi connectivity index (χ3n) is 4.54. The highest BCUT2D eigenvalue weighted by Crippen LogP contribution is 2.34.